The molecule has 0 radical (unpaired) electrons. The van der Waals surface area contributed by atoms with Gasteiger partial charge in [-0.2, -0.15) is 10.5 Å². The Hall–Kier alpha value is -9.36. The van der Waals surface area contributed by atoms with Gasteiger partial charge in [-0.1, -0.05) is 152 Å². The average Bonchev–Trinajstić information content (AvgIpc) is 3.91. The molecular weight excluding hydrogens is 805 g/mol. The molecule has 0 aliphatic rings. The minimum Gasteiger partial charge on any atom is -0.309 e. The topological polar surface area (TPSA) is 83.2 Å². The molecule has 6 nitrogen and oxygen atoms in total. The molecule has 0 bridgehead atoms. The Morgan fingerprint density at radius 3 is 1.30 bits per heavy atom. The van der Waals surface area contributed by atoms with Gasteiger partial charge in [-0.3, -0.25) is 0 Å². The van der Waals surface area contributed by atoms with Crippen LogP contribution in [0.3, 0.4) is 0 Å². The highest BCUT2D eigenvalue weighted by atomic mass is 15.0. The maximum absolute atomic E-state index is 10.5. The third kappa shape index (κ3) is 6.41. The SMILES string of the molecule is N#Cc1cc(-c2cc(-c3ccccc3)nc(-c3ccccc3)n2)cc(C#N)c1-c1ccc(-c2ccc(-n3c4ccccc4c4cc(-n5c6ccccc6c6ccccc65)ccc43)cc2)cc1. The number of para-hydroxylation sites is 3. The number of benzene rings is 9. The van der Waals surface area contributed by atoms with Crippen molar-refractivity contribution in [2.24, 2.45) is 0 Å². The van der Waals surface area contributed by atoms with Crippen molar-refractivity contribution in [2.45, 2.75) is 0 Å². The van der Waals surface area contributed by atoms with Gasteiger partial charge in [0, 0.05) is 55.2 Å². The Kier molecular flexibility index (Phi) is 9.16. The second-order valence-corrected chi connectivity index (χ2v) is 16.4. The molecule has 3 aromatic heterocycles. The Labute approximate surface area is 380 Å². The van der Waals surface area contributed by atoms with Crippen molar-refractivity contribution in [1.29, 1.82) is 10.5 Å². The molecule has 0 saturated carbocycles. The normalized spacial score (nSPS) is 11.3. The fourth-order valence-electron chi connectivity index (χ4n) is 9.56. The van der Waals surface area contributed by atoms with Gasteiger partial charge in [-0.05, 0) is 83.4 Å². The second-order valence-electron chi connectivity index (χ2n) is 16.4. The van der Waals surface area contributed by atoms with Crippen LogP contribution >= 0.6 is 0 Å². The fourth-order valence-corrected chi connectivity index (χ4v) is 9.56. The number of rotatable bonds is 7. The van der Waals surface area contributed by atoms with E-state index in [-0.39, 0.29) is 0 Å². The predicted molar refractivity (Wildman–Crippen MR) is 267 cm³/mol. The first kappa shape index (κ1) is 38.3. The molecule has 66 heavy (non-hydrogen) atoms. The smallest absolute Gasteiger partial charge is 0.160 e. The van der Waals surface area contributed by atoms with E-state index in [1.807, 2.05) is 91.0 Å². The number of aromatic nitrogens is 4. The summed E-state index contributed by atoms with van der Waals surface area (Å²) >= 11 is 0. The molecule has 3 heterocycles. The van der Waals surface area contributed by atoms with Crippen LogP contribution < -0.4 is 0 Å². The first-order valence-electron chi connectivity index (χ1n) is 21.8. The van der Waals surface area contributed by atoms with Crippen LogP contribution in [-0.2, 0) is 0 Å². The van der Waals surface area contributed by atoms with Gasteiger partial charge in [0.1, 0.15) is 0 Å². The third-order valence-electron chi connectivity index (χ3n) is 12.6. The molecule has 0 spiro atoms. The lowest BCUT2D eigenvalue weighted by Crippen LogP contribution is -1.98. The van der Waals surface area contributed by atoms with Crippen molar-refractivity contribution in [3.63, 3.8) is 0 Å². The van der Waals surface area contributed by atoms with E-state index in [2.05, 4.69) is 149 Å². The van der Waals surface area contributed by atoms with Crippen LogP contribution in [0.4, 0.5) is 0 Å². The average molecular weight is 841 g/mol. The molecule has 0 N–H and O–H groups in total. The molecule has 0 fully saturated rings. The molecule has 0 saturated heterocycles. The maximum atomic E-state index is 10.5. The van der Waals surface area contributed by atoms with E-state index in [4.69, 9.17) is 9.97 Å². The molecule has 306 valence electrons. The zero-order chi connectivity index (χ0) is 44.1. The zero-order valence-corrected chi connectivity index (χ0v) is 35.5. The lowest BCUT2D eigenvalue weighted by molar-refractivity contribution is 1.17. The Bertz CT molecular complexity index is 3780. The van der Waals surface area contributed by atoms with E-state index < -0.39 is 0 Å². The predicted octanol–water partition coefficient (Wildman–Crippen LogP) is 14.7. The van der Waals surface area contributed by atoms with Gasteiger partial charge in [-0.15, -0.1) is 0 Å². The lowest BCUT2D eigenvalue weighted by Gasteiger charge is -2.13. The first-order valence-corrected chi connectivity index (χ1v) is 21.8. The molecule has 6 heteroatoms. The molecule has 0 aliphatic carbocycles. The molecule has 12 aromatic rings. The van der Waals surface area contributed by atoms with Crippen molar-refractivity contribution in [3.05, 3.63) is 230 Å². The van der Waals surface area contributed by atoms with E-state index in [9.17, 15) is 10.5 Å². The van der Waals surface area contributed by atoms with E-state index in [0.29, 0.717) is 33.8 Å². The van der Waals surface area contributed by atoms with Crippen LogP contribution in [0.5, 0.6) is 0 Å². The van der Waals surface area contributed by atoms with Crippen molar-refractivity contribution >= 4 is 43.6 Å². The molecule has 12 rings (SSSR count). The number of nitrogens with zero attached hydrogens (tertiary/aromatic N) is 6. The Morgan fingerprint density at radius 1 is 0.318 bits per heavy atom. The van der Waals surface area contributed by atoms with E-state index in [1.54, 1.807) is 0 Å². The fraction of sp³-hybridized carbons (Fsp3) is 0. The summed E-state index contributed by atoms with van der Waals surface area (Å²) in [6.45, 7) is 0. The highest BCUT2D eigenvalue weighted by Gasteiger charge is 2.19. The van der Waals surface area contributed by atoms with Crippen LogP contribution in [0.1, 0.15) is 11.1 Å². The Morgan fingerprint density at radius 2 is 0.742 bits per heavy atom. The highest BCUT2D eigenvalue weighted by Crippen LogP contribution is 2.39. The molecule has 0 aliphatic heterocycles. The first-order chi connectivity index (χ1) is 32.6. The standard InChI is InChI=1S/C60H36N6/c61-37-45-33-44(54-36-53(41-13-3-1-4-14-41)63-60(64-54)43-15-5-2-6-16-43)34-46(38-62)59(45)42-25-23-39(24-26-42)40-27-29-47(30-28-40)65-57-22-12-9-19-51(57)52-35-48(31-32-58(52)65)66-55-20-10-7-17-49(55)50-18-8-11-21-56(50)66/h1-36H. The van der Waals surface area contributed by atoms with Gasteiger partial charge in [-0.25, -0.2) is 9.97 Å². The van der Waals surface area contributed by atoms with E-state index in [0.717, 1.165) is 55.9 Å². The number of hydrogen-bond acceptors (Lipinski definition) is 4. The molecule has 0 atom stereocenters. The third-order valence-corrected chi connectivity index (χ3v) is 12.6. The number of nitriles is 2. The van der Waals surface area contributed by atoms with E-state index >= 15 is 0 Å². The summed E-state index contributed by atoms with van der Waals surface area (Å²) in [6.07, 6.45) is 0. The van der Waals surface area contributed by atoms with Crippen molar-refractivity contribution in [2.75, 3.05) is 0 Å². The van der Waals surface area contributed by atoms with Gasteiger partial charge in [0.15, 0.2) is 5.82 Å². The van der Waals surface area contributed by atoms with Crippen molar-refractivity contribution < 1.29 is 0 Å². The summed E-state index contributed by atoms with van der Waals surface area (Å²) in [6, 6.07) is 79.6. The summed E-state index contributed by atoms with van der Waals surface area (Å²) in [7, 11) is 0. The zero-order valence-electron chi connectivity index (χ0n) is 35.5. The summed E-state index contributed by atoms with van der Waals surface area (Å²) < 4.78 is 4.72. The summed E-state index contributed by atoms with van der Waals surface area (Å²) in [5.41, 5.74) is 15.0. The quantitative estimate of drug-likeness (QED) is 0.160. The highest BCUT2D eigenvalue weighted by molar-refractivity contribution is 6.12. The summed E-state index contributed by atoms with van der Waals surface area (Å²) in [5.74, 6) is 0.566. The van der Waals surface area contributed by atoms with Gasteiger partial charge < -0.3 is 9.13 Å². The molecule has 0 amide bonds. The second kappa shape index (κ2) is 15.8. The minimum absolute atomic E-state index is 0.399. The molecular formula is C60H36N6. The number of fused-ring (bicyclic) bond motifs is 6. The van der Waals surface area contributed by atoms with Crippen LogP contribution in [0.2, 0.25) is 0 Å². The summed E-state index contributed by atoms with van der Waals surface area (Å²) in [5, 5.41) is 26.0. The maximum Gasteiger partial charge on any atom is 0.160 e. The van der Waals surface area contributed by atoms with E-state index in [1.165, 1.54) is 32.6 Å². The number of hydrogen-bond donors (Lipinski definition) is 0. The summed E-state index contributed by atoms with van der Waals surface area (Å²) in [4.78, 5) is 9.86. The largest absolute Gasteiger partial charge is 0.309 e. The van der Waals surface area contributed by atoms with Crippen LogP contribution in [-0.4, -0.2) is 19.1 Å². The van der Waals surface area contributed by atoms with Gasteiger partial charge >= 0.3 is 0 Å². The monoisotopic (exact) mass is 840 g/mol. The van der Waals surface area contributed by atoms with Crippen LogP contribution in [0, 0.1) is 22.7 Å². The minimum atomic E-state index is 0.399. The lowest BCUT2D eigenvalue weighted by atomic mass is 9.91. The molecule has 9 aromatic carbocycles. The van der Waals surface area contributed by atoms with Crippen molar-refractivity contribution in [1.82, 2.24) is 19.1 Å². The van der Waals surface area contributed by atoms with Crippen LogP contribution in [0.15, 0.2) is 218 Å². The van der Waals surface area contributed by atoms with Gasteiger partial charge in [0.2, 0.25) is 0 Å². The van der Waals surface area contributed by atoms with Gasteiger partial charge in [0.05, 0.1) is 56.7 Å². The Balaban J connectivity index is 0.880. The van der Waals surface area contributed by atoms with Gasteiger partial charge in [0.25, 0.3) is 0 Å². The molecule has 0 unspecified atom stereocenters. The van der Waals surface area contributed by atoms with Crippen molar-refractivity contribution in [3.8, 4) is 79.7 Å². The van der Waals surface area contributed by atoms with Crippen LogP contribution in [0.25, 0.3) is 111 Å².